The molecule has 1 aliphatic heterocycles. The van der Waals surface area contributed by atoms with Gasteiger partial charge in [0.25, 0.3) is 0 Å². The van der Waals surface area contributed by atoms with E-state index in [1.54, 1.807) is 6.92 Å². The molecular formula is C8H15BNO-. The first-order chi connectivity index (χ1) is 5.15. The van der Waals surface area contributed by atoms with Gasteiger partial charge in [-0.1, -0.05) is 0 Å². The molecule has 3 atom stereocenters. The molecule has 0 amide bonds. The molecule has 1 heterocycles. The Morgan fingerprint density at radius 3 is 2.64 bits per heavy atom. The van der Waals surface area contributed by atoms with Gasteiger partial charge in [0.1, 0.15) is 0 Å². The second-order valence-electron chi connectivity index (χ2n) is 3.59. The predicted octanol–water partition coefficient (Wildman–Crippen LogP) is 0.924. The predicted molar refractivity (Wildman–Crippen MR) is 49.7 cm³/mol. The second kappa shape index (κ2) is 3.50. The molecule has 1 aliphatic rings. The molecule has 1 fully saturated rings. The number of hydroxylamine groups is 2. The van der Waals surface area contributed by atoms with E-state index < -0.39 is 0 Å². The van der Waals surface area contributed by atoms with Gasteiger partial charge in [0.15, 0.2) is 0 Å². The van der Waals surface area contributed by atoms with Crippen molar-refractivity contribution >= 4 is 13.4 Å². The minimum absolute atomic E-state index is 0.0567. The summed E-state index contributed by atoms with van der Waals surface area (Å²) in [5, 5.41) is 12.4. The van der Waals surface area contributed by atoms with E-state index in [9.17, 15) is 5.21 Å². The van der Waals surface area contributed by atoms with Crippen LogP contribution in [0.4, 0.5) is 0 Å². The van der Waals surface area contributed by atoms with E-state index in [0.717, 1.165) is 11.5 Å². The van der Waals surface area contributed by atoms with Crippen molar-refractivity contribution in [2.45, 2.75) is 26.2 Å². The van der Waals surface area contributed by atoms with Crippen molar-refractivity contribution in [2.75, 3.05) is 6.54 Å². The van der Waals surface area contributed by atoms with Crippen molar-refractivity contribution in [2.24, 2.45) is 11.8 Å². The zero-order valence-electron chi connectivity index (χ0n) is 7.29. The standard InChI is InChI=1S/C8H15BNO/c1-6-4-8(9-3)10(11)5-7(6)2/h6-8H,3-5H2,1-2H3/q-1. The molecule has 62 valence electrons. The maximum absolute atomic E-state index is 11.2. The van der Waals surface area contributed by atoms with Gasteiger partial charge in [0, 0.05) is 0 Å². The average molecular weight is 152 g/mol. The summed E-state index contributed by atoms with van der Waals surface area (Å²) >= 11 is 0. The molecule has 0 aromatic rings. The quantitative estimate of drug-likeness (QED) is 0.522. The first kappa shape index (κ1) is 8.95. The Balaban J connectivity index is 2.54. The molecule has 0 aromatic carbocycles. The van der Waals surface area contributed by atoms with Crippen LogP contribution in [0.25, 0.3) is 0 Å². The molecule has 0 radical (unpaired) electrons. The van der Waals surface area contributed by atoms with Gasteiger partial charge in [-0.3, -0.25) is 0 Å². The summed E-state index contributed by atoms with van der Waals surface area (Å²) in [6, 6.07) is 0. The molecule has 0 spiro atoms. The fourth-order valence-corrected chi connectivity index (χ4v) is 1.54. The molecule has 0 aromatic heterocycles. The summed E-state index contributed by atoms with van der Waals surface area (Å²) in [5.41, 5.74) is 0. The van der Waals surface area contributed by atoms with Crippen molar-refractivity contribution in [1.82, 2.24) is 5.06 Å². The summed E-state index contributed by atoms with van der Waals surface area (Å²) in [6.07, 6.45) is 0.966. The van der Waals surface area contributed by atoms with Gasteiger partial charge >= 0.3 is 68.3 Å². The van der Waals surface area contributed by atoms with E-state index in [-0.39, 0.29) is 5.94 Å². The van der Waals surface area contributed by atoms with Crippen molar-refractivity contribution in [3.63, 3.8) is 0 Å². The van der Waals surface area contributed by atoms with Gasteiger partial charge < -0.3 is 0 Å². The Hall–Kier alpha value is -0.145. The second-order valence-corrected chi connectivity index (χ2v) is 3.59. The van der Waals surface area contributed by atoms with Crippen LogP contribution < -0.4 is 0 Å². The normalized spacial score (nSPS) is 40.1. The number of rotatable bonds is 1. The van der Waals surface area contributed by atoms with Crippen LogP contribution in [0.15, 0.2) is 0 Å². The molecule has 3 unspecified atom stereocenters. The van der Waals surface area contributed by atoms with Crippen LogP contribution in [0, 0.1) is 17.0 Å². The van der Waals surface area contributed by atoms with E-state index in [2.05, 4.69) is 20.3 Å². The van der Waals surface area contributed by atoms with E-state index in [0.29, 0.717) is 18.4 Å². The molecule has 0 bridgehead atoms. The fourth-order valence-electron chi connectivity index (χ4n) is 1.54. The first-order valence-electron chi connectivity index (χ1n) is 4.21. The number of hydrogen-bond acceptors (Lipinski definition) is 2. The minimum atomic E-state index is 0.0567. The van der Waals surface area contributed by atoms with Crippen LogP contribution >= 0.6 is 0 Å². The Labute approximate surface area is 69.1 Å². The third-order valence-electron chi connectivity index (χ3n) is 2.69. The number of piperidine rings is 1. The summed E-state index contributed by atoms with van der Waals surface area (Å²) in [7, 11) is 0. The molecule has 0 saturated carbocycles. The van der Waals surface area contributed by atoms with Crippen molar-refractivity contribution in [3.05, 3.63) is 5.21 Å². The topological polar surface area (TPSA) is 26.3 Å². The van der Waals surface area contributed by atoms with Crippen LogP contribution in [0.1, 0.15) is 20.3 Å². The zero-order valence-corrected chi connectivity index (χ0v) is 7.29. The molecule has 1 rings (SSSR count). The summed E-state index contributed by atoms with van der Waals surface area (Å²) < 4.78 is 0. The van der Waals surface area contributed by atoms with Gasteiger partial charge in [-0.15, -0.1) is 0 Å². The molecular weight excluding hydrogens is 137 g/mol. The van der Waals surface area contributed by atoms with Crippen LogP contribution in [-0.2, 0) is 0 Å². The van der Waals surface area contributed by atoms with Crippen molar-refractivity contribution < 1.29 is 0 Å². The molecule has 11 heavy (non-hydrogen) atoms. The molecule has 1 saturated heterocycles. The third-order valence-corrected chi connectivity index (χ3v) is 2.69. The van der Waals surface area contributed by atoms with E-state index in [1.165, 1.54) is 0 Å². The van der Waals surface area contributed by atoms with Gasteiger partial charge in [0.05, 0.1) is 0 Å². The summed E-state index contributed by atoms with van der Waals surface area (Å²) in [4.78, 5) is 0. The van der Waals surface area contributed by atoms with E-state index >= 15 is 0 Å². The molecule has 2 nitrogen and oxygen atoms in total. The monoisotopic (exact) mass is 152 g/mol. The van der Waals surface area contributed by atoms with Crippen LogP contribution in [0.5, 0.6) is 0 Å². The fraction of sp³-hybridized carbons (Fsp3) is 0.875. The van der Waals surface area contributed by atoms with Gasteiger partial charge in [-0.05, 0) is 0 Å². The third kappa shape index (κ3) is 1.91. The van der Waals surface area contributed by atoms with Gasteiger partial charge in [-0.2, -0.15) is 0 Å². The van der Waals surface area contributed by atoms with Gasteiger partial charge in [-0.25, -0.2) is 0 Å². The number of nitrogens with zero attached hydrogens (tertiary/aromatic N) is 1. The van der Waals surface area contributed by atoms with Crippen LogP contribution in [0.2, 0.25) is 0 Å². The van der Waals surface area contributed by atoms with E-state index in [1.807, 2.05) is 0 Å². The molecule has 0 aliphatic carbocycles. The summed E-state index contributed by atoms with van der Waals surface area (Å²) in [5.74, 6) is 1.24. The van der Waals surface area contributed by atoms with Crippen LogP contribution in [0.3, 0.4) is 0 Å². The van der Waals surface area contributed by atoms with E-state index in [4.69, 9.17) is 0 Å². The first-order valence-corrected chi connectivity index (χ1v) is 4.21. The Morgan fingerprint density at radius 2 is 2.09 bits per heavy atom. The van der Waals surface area contributed by atoms with Crippen molar-refractivity contribution in [3.8, 4) is 0 Å². The molecule has 0 N–H and O–H groups in total. The SMILES string of the molecule is C=BC1CC(C)C(C)CN1[O-]. The average Bonchev–Trinajstić information content (AvgIpc) is 1.97. The van der Waals surface area contributed by atoms with Gasteiger partial charge in [0.2, 0.25) is 0 Å². The Bertz CT molecular complexity index is 151. The molecule has 3 heteroatoms. The van der Waals surface area contributed by atoms with Crippen molar-refractivity contribution in [1.29, 1.82) is 0 Å². The number of hydrogen-bond donors (Lipinski definition) is 0. The Kier molecular flexibility index (Phi) is 2.85. The summed E-state index contributed by atoms with van der Waals surface area (Å²) in [6.45, 7) is 10.4. The Morgan fingerprint density at radius 1 is 1.45 bits per heavy atom. The zero-order chi connectivity index (χ0) is 8.43. The van der Waals surface area contributed by atoms with Crippen LogP contribution in [-0.4, -0.2) is 30.9 Å². The maximum atomic E-state index is 11.2.